The Morgan fingerprint density at radius 1 is 0.429 bits per heavy atom. The summed E-state index contributed by atoms with van der Waals surface area (Å²) in [4.78, 5) is 0. The minimum atomic E-state index is -3.11. The molecule has 0 aromatic heterocycles. The first-order valence-electron chi connectivity index (χ1n) is 1.88. The van der Waals surface area contributed by atoms with Gasteiger partial charge < -0.3 is 49.6 Å². The van der Waals surface area contributed by atoms with Gasteiger partial charge >= 0.3 is 12.2 Å². The number of rotatable bonds is 1. The highest BCUT2D eigenvalue weighted by molar-refractivity contribution is 5.19. The van der Waals surface area contributed by atoms with Crippen molar-refractivity contribution >= 4 is 0 Å². The summed E-state index contributed by atoms with van der Waals surface area (Å²) in [5.41, 5.74) is 0. The molecule has 0 N–H and O–H groups in total. The lowest BCUT2D eigenvalue weighted by Gasteiger charge is -1.87. The lowest BCUT2D eigenvalue weighted by atomic mass is 10.5. The van der Waals surface area contributed by atoms with Crippen LogP contribution < -0.4 is 49.6 Å². The van der Waals surface area contributed by atoms with E-state index in [1.54, 1.807) is 0 Å². The molecule has 0 saturated heterocycles. The van der Waals surface area contributed by atoms with Crippen LogP contribution in [0.1, 0.15) is 0 Å². The zero-order valence-electron chi connectivity index (χ0n) is 5.78. The van der Waals surface area contributed by atoms with Gasteiger partial charge in [0.15, 0.2) is 0 Å². The number of hydrogen-bond acceptors (Lipinski definition) is 0. The fraction of sp³-hybridized carbons (Fsp3) is 0. The van der Waals surface area contributed by atoms with E-state index in [9.17, 15) is 26.3 Å². The predicted octanol–water partition coefficient (Wildman–Crippen LogP) is -8.84. The standard InChI is InChI=1S/C4F6.4ClH/c5-1(3(7)8)2(6)4(9)10;;;;/h;4*1H/p-4. The average Bonchev–Trinajstić information content (AvgIpc) is 1.84. The zero-order valence-corrected chi connectivity index (χ0v) is 8.80. The second-order valence-corrected chi connectivity index (χ2v) is 1.15. The lowest BCUT2D eigenvalue weighted by Crippen LogP contribution is -3.00. The quantitative estimate of drug-likeness (QED) is 0.333. The largest absolute Gasteiger partial charge is 1.00 e. The van der Waals surface area contributed by atoms with Gasteiger partial charge in [-0.05, 0) is 0 Å². The Hall–Kier alpha value is 0.220. The maximum absolute atomic E-state index is 11.4. The maximum Gasteiger partial charge on any atom is 0.308 e. The molecule has 0 bridgehead atoms. The van der Waals surface area contributed by atoms with Gasteiger partial charge in [-0.1, -0.05) is 0 Å². The SMILES string of the molecule is FC(F)=C(F)C(F)=C(F)F.[Cl-].[Cl-].[Cl-].[Cl-]. The summed E-state index contributed by atoms with van der Waals surface area (Å²) in [6.07, 6.45) is -6.21. The van der Waals surface area contributed by atoms with Gasteiger partial charge in [0.1, 0.15) is 0 Å². The molecule has 0 aliphatic heterocycles. The first kappa shape index (κ1) is 29.2. The van der Waals surface area contributed by atoms with Crippen molar-refractivity contribution in [3.8, 4) is 0 Å². The van der Waals surface area contributed by atoms with E-state index in [1.807, 2.05) is 0 Å². The monoisotopic (exact) mass is 302 g/mol. The van der Waals surface area contributed by atoms with Gasteiger partial charge in [0.2, 0.25) is 11.7 Å². The Balaban J connectivity index is -0.0000000675. The molecule has 0 atom stereocenters. The summed E-state index contributed by atoms with van der Waals surface area (Å²) in [6, 6.07) is 0. The van der Waals surface area contributed by atoms with Crippen molar-refractivity contribution in [2.45, 2.75) is 0 Å². The molecule has 0 aromatic rings. The molecule has 0 aliphatic carbocycles. The van der Waals surface area contributed by atoms with Crippen LogP contribution in [0.3, 0.4) is 0 Å². The van der Waals surface area contributed by atoms with Crippen molar-refractivity contribution in [3.05, 3.63) is 23.8 Å². The molecule has 10 heteroatoms. The number of halogens is 10. The predicted molar refractivity (Wildman–Crippen MR) is 20.7 cm³/mol. The molecule has 0 amide bonds. The molecule has 0 heterocycles. The van der Waals surface area contributed by atoms with Gasteiger partial charge in [0.05, 0.1) is 0 Å². The molecular weight excluding hydrogens is 304 g/mol. The van der Waals surface area contributed by atoms with Gasteiger partial charge in [-0.25, -0.2) is 0 Å². The Morgan fingerprint density at radius 3 is 0.643 bits per heavy atom. The van der Waals surface area contributed by atoms with E-state index in [2.05, 4.69) is 0 Å². The first-order chi connectivity index (χ1) is 4.46. The summed E-state index contributed by atoms with van der Waals surface area (Å²) in [7, 11) is 0. The van der Waals surface area contributed by atoms with Gasteiger partial charge in [0, 0.05) is 0 Å². The van der Waals surface area contributed by atoms with E-state index < -0.39 is 23.8 Å². The second kappa shape index (κ2) is 13.2. The van der Waals surface area contributed by atoms with Gasteiger partial charge in [0.25, 0.3) is 0 Å². The molecule has 0 radical (unpaired) electrons. The molecule has 0 aliphatic rings. The molecule has 0 spiro atoms. The van der Waals surface area contributed by atoms with Crippen molar-refractivity contribution in [2.24, 2.45) is 0 Å². The number of hydrogen-bond donors (Lipinski definition) is 0. The van der Waals surface area contributed by atoms with Crippen molar-refractivity contribution in [3.63, 3.8) is 0 Å². The van der Waals surface area contributed by atoms with E-state index in [0.29, 0.717) is 0 Å². The molecule has 90 valence electrons. The van der Waals surface area contributed by atoms with Crippen molar-refractivity contribution in [2.75, 3.05) is 0 Å². The Kier molecular flexibility index (Phi) is 27.6. The van der Waals surface area contributed by atoms with Crippen molar-refractivity contribution < 1.29 is 76.0 Å². The highest BCUT2D eigenvalue weighted by atomic mass is 35.5. The van der Waals surface area contributed by atoms with Gasteiger partial charge in [-0.15, -0.1) is 0 Å². The normalized spacial score (nSPS) is 6.43. The van der Waals surface area contributed by atoms with E-state index in [0.717, 1.165) is 0 Å². The van der Waals surface area contributed by atoms with Crippen molar-refractivity contribution in [1.29, 1.82) is 0 Å². The summed E-state index contributed by atoms with van der Waals surface area (Å²) in [5.74, 6) is -5.64. The van der Waals surface area contributed by atoms with Gasteiger partial charge in [-0.2, -0.15) is 26.3 Å². The number of allylic oxidation sites excluding steroid dienone is 2. The van der Waals surface area contributed by atoms with Crippen molar-refractivity contribution in [1.82, 2.24) is 0 Å². The smallest absolute Gasteiger partial charge is 0.308 e. The van der Waals surface area contributed by atoms with Crippen LogP contribution in [0.2, 0.25) is 0 Å². The molecular formula is C4Cl4F6-4. The maximum atomic E-state index is 11.4. The molecule has 0 fully saturated rings. The molecule has 0 saturated carbocycles. The molecule has 0 unspecified atom stereocenters. The van der Waals surface area contributed by atoms with E-state index in [-0.39, 0.29) is 49.6 Å². The van der Waals surface area contributed by atoms with E-state index in [4.69, 9.17) is 0 Å². The summed E-state index contributed by atoms with van der Waals surface area (Å²) >= 11 is 0. The summed E-state index contributed by atoms with van der Waals surface area (Å²) in [6.45, 7) is 0. The van der Waals surface area contributed by atoms with Crippen LogP contribution in [0.5, 0.6) is 0 Å². The van der Waals surface area contributed by atoms with Crippen LogP contribution in [0, 0.1) is 0 Å². The Bertz CT molecular complexity index is 172. The van der Waals surface area contributed by atoms with Crippen LogP contribution in [0.4, 0.5) is 26.3 Å². The van der Waals surface area contributed by atoms with E-state index >= 15 is 0 Å². The first-order valence-corrected chi connectivity index (χ1v) is 1.88. The minimum absolute atomic E-state index is 0. The Labute approximate surface area is 100 Å². The molecule has 0 rings (SSSR count). The third-order valence-corrected chi connectivity index (χ3v) is 0.525. The minimum Gasteiger partial charge on any atom is -1.00 e. The van der Waals surface area contributed by atoms with Crippen LogP contribution in [0.15, 0.2) is 23.8 Å². The second-order valence-electron chi connectivity index (χ2n) is 1.15. The molecule has 14 heavy (non-hydrogen) atoms. The van der Waals surface area contributed by atoms with Gasteiger partial charge in [-0.3, -0.25) is 0 Å². The Morgan fingerprint density at radius 2 is 0.571 bits per heavy atom. The third kappa shape index (κ3) is 10.3. The average molecular weight is 304 g/mol. The van der Waals surface area contributed by atoms with Crippen LogP contribution in [0.25, 0.3) is 0 Å². The topological polar surface area (TPSA) is 0 Å². The fourth-order valence-corrected chi connectivity index (χ4v) is 0.166. The fourth-order valence-electron chi connectivity index (χ4n) is 0.166. The summed E-state index contributed by atoms with van der Waals surface area (Å²) < 4.78 is 66.5. The third-order valence-electron chi connectivity index (χ3n) is 0.525. The van der Waals surface area contributed by atoms with Crippen LogP contribution in [-0.2, 0) is 0 Å². The molecule has 0 aromatic carbocycles. The lowest BCUT2D eigenvalue weighted by molar-refractivity contribution is -0.00100. The van der Waals surface area contributed by atoms with Crippen LogP contribution in [-0.4, -0.2) is 0 Å². The zero-order chi connectivity index (χ0) is 8.31. The highest BCUT2D eigenvalue weighted by Gasteiger charge is 2.16. The highest BCUT2D eigenvalue weighted by Crippen LogP contribution is 2.23. The molecule has 0 nitrogen and oxygen atoms in total. The van der Waals surface area contributed by atoms with Crippen LogP contribution >= 0.6 is 0 Å². The summed E-state index contributed by atoms with van der Waals surface area (Å²) in [5, 5.41) is 0. The van der Waals surface area contributed by atoms with E-state index in [1.165, 1.54) is 0 Å².